The van der Waals surface area contributed by atoms with Gasteiger partial charge in [0.05, 0.1) is 5.41 Å². The van der Waals surface area contributed by atoms with Gasteiger partial charge in [0.1, 0.15) is 0 Å². The van der Waals surface area contributed by atoms with Crippen LogP contribution in [-0.4, -0.2) is 29.1 Å². The molecule has 104 valence electrons. The van der Waals surface area contributed by atoms with Crippen LogP contribution in [-0.2, 0) is 4.79 Å². The first-order valence-corrected chi connectivity index (χ1v) is 7.00. The molecule has 0 amide bonds. The highest BCUT2D eigenvalue weighted by molar-refractivity contribution is 5.75. The summed E-state index contributed by atoms with van der Waals surface area (Å²) in [7, 11) is 0. The zero-order valence-electron chi connectivity index (χ0n) is 12.0. The van der Waals surface area contributed by atoms with Crippen molar-refractivity contribution >= 4 is 5.97 Å². The lowest BCUT2D eigenvalue weighted by atomic mass is 9.76. The molecule has 1 fully saturated rings. The summed E-state index contributed by atoms with van der Waals surface area (Å²) in [5, 5.41) is 9.58. The number of likely N-dealkylation sites (tertiary alicyclic amines) is 1. The second kappa shape index (κ2) is 5.33. The zero-order chi connectivity index (χ0) is 14.0. The van der Waals surface area contributed by atoms with Gasteiger partial charge in [0.2, 0.25) is 0 Å². The Balaban J connectivity index is 2.16. The van der Waals surface area contributed by atoms with Crippen molar-refractivity contribution in [2.24, 2.45) is 11.3 Å². The second-order valence-electron chi connectivity index (χ2n) is 5.92. The van der Waals surface area contributed by atoms with Crippen molar-refractivity contribution in [3.8, 4) is 0 Å². The minimum Gasteiger partial charge on any atom is -0.481 e. The van der Waals surface area contributed by atoms with Gasteiger partial charge in [-0.3, -0.25) is 9.69 Å². The maximum Gasteiger partial charge on any atom is 0.311 e. The van der Waals surface area contributed by atoms with Gasteiger partial charge < -0.3 is 5.11 Å². The summed E-state index contributed by atoms with van der Waals surface area (Å²) in [4.78, 5) is 13.9. The second-order valence-corrected chi connectivity index (χ2v) is 5.92. The number of carboxylic acids is 1. The molecule has 1 saturated heterocycles. The number of carboxylic acid groups (broad SMARTS) is 1. The Bertz CT molecular complexity index is 443. The fourth-order valence-electron chi connectivity index (χ4n) is 3.03. The summed E-state index contributed by atoms with van der Waals surface area (Å²) in [6, 6.07) is 10.6. The average Bonchev–Trinajstić information content (AvgIpc) is 2.85. The quantitative estimate of drug-likeness (QED) is 0.905. The van der Waals surface area contributed by atoms with Gasteiger partial charge in [-0.15, -0.1) is 0 Å². The van der Waals surface area contributed by atoms with Crippen LogP contribution in [0.2, 0.25) is 0 Å². The van der Waals surface area contributed by atoms with Crippen molar-refractivity contribution in [2.45, 2.75) is 33.2 Å². The number of hydrogen-bond donors (Lipinski definition) is 1. The molecule has 19 heavy (non-hydrogen) atoms. The van der Waals surface area contributed by atoms with Gasteiger partial charge in [-0.2, -0.15) is 0 Å². The van der Waals surface area contributed by atoms with Crippen molar-refractivity contribution in [2.75, 3.05) is 13.1 Å². The van der Waals surface area contributed by atoms with Crippen molar-refractivity contribution in [3.63, 3.8) is 0 Å². The van der Waals surface area contributed by atoms with E-state index in [9.17, 15) is 9.90 Å². The van der Waals surface area contributed by atoms with Crippen molar-refractivity contribution in [1.82, 2.24) is 4.90 Å². The molecule has 1 aromatic rings. The van der Waals surface area contributed by atoms with Crippen molar-refractivity contribution < 1.29 is 9.90 Å². The molecule has 1 heterocycles. The molecule has 1 aromatic carbocycles. The van der Waals surface area contributed by atoms with Crippen LogP contribution in [0.1, 0.15) is 38.8 Å². The van der Waals surface area contributed by atoms with Gasteiger partial charge in [0, 0.05) is 12.6 Å². The van der Waals surface area contributed by atoms with E-state index in [1.807, 2.05) is 32.0 Å². The van der Waals surface area contributed by atoms with Crippen LogP contribution < -0.4 is 0 Å². The van der Waals surface area contributed by atoms with E-state index in [1.54, 1.807) is 0 Å². The van der Waals surface area contributed by atoms with E-state index >= 15 is 0 Å². The summed E-state index contributed by atoms with van der Waals surface area (Å²) >= 11 is 0. The van der Waals surface area contributed by atoms with Gasteiger partial charge in [-0.25, -0.2) is 0 Å². The van der Waals surface area contributed by atoms with Gasteiger partial charge in [-0.1, -0.05) is 44.2 Å². The maximum absolute atomic E-state index is 11.6. The lowest BCUT2D eigenvalue weighted by Gasteiger charge is -2.31. The summed E-state index contributed by atoms with van der Waals surface area (Å²) in [5.41, 5.74) is 0.677. The fraction of sp³-hybridized carbons (Fsp3) is 0.562. The Morgan fingerprint density at radius 1 is 1.26 bits per heavy atom. The van der Waals surface area contributed by atoms with Gasteiger partial charge in [-0.05, 0) is 31.4 Å². The lowest BCUT2D eigenvalue weighted by molar-refractivity contribution is -0.151. The predicted octanol–water partition coefficient (Wildman–Crippen LogP) is 3.18. The van der Waals surface area contributed by atoms with Crippen LogP contribution >= 0.6 is 0 Å². The highest BCUT2D eigenvalue weighted by Gasteiger charge is 2.48. The van der Waals surface area contributed by atoms with Crippen LogP contribution in [0.25, 0.3) is 0 Å². The lowest BCUT2D eigenvalue weighted by Crippen LogP contribution is -2.39. The molecule has 3 heteroatoms. The molecule has 0 bridgehead atoms. The summed E-state index contributed by atoms with van der Waals surface area (Å²) < 4.78 is 0. The van der Waals surface area contributed by atoms with Crippen LogP contribution in [0.4, 0.5) is 0 Å². The van der Waals surface area contributed by atoms with E-state index in [4.69, 9.17) is 0 Å². The topological polar surface area (TPSA) is 40.5 Å². The van der Waals surface area contributed by atoms with Gasteiger partial charge >= 0.3 is 5.97 Å². The third kappa shape index (κ3) is 2.52. The Kier molecular flexibility index (Phi) is 3.95. The molecule has 2 rings (SSSR count). The fourth-order valence-corrected chi connectivity index (χ4v) is 3.03. The number of benzene rings is 1. The molecule has 1 N–H and O–H groups in total. The first kappa shape index (κ1) is 14.1. The number of carbonyl (C=O) groups is 1. The van der Waals surface area contributed by atoms with Crippen LogP contribution in [0.3, 0.4) is 0 Å². The minimum absolute atomic E-state index is 0.165. The van der Waals surface area contributed by atoms with E-state index in [0.29, 0.717) is 6.54 Å². The highest BCUT2D eigenvalue weighted by atomic mass is 16.4. The number of hydrogen-bond acceptors (Lipinski definition) is 2. The summed E-state index contributed by atoms with van der Waals surface area (Å²) in [6.45, 7) is 7.71. The third-order valence-corrected chi connectivity index (χ3v) is 4.69. The van der Waals surface area contributed by atoms with Gasteiger partial charge in [0.15, 0.2) is 0 Å². The normalized spacial score (nSPS) is 25.7. The molecule has 0 spiro atoms. The summed E-state index contributed by atoms with van der Waals surface area (Å²) in [6.07, 6.45) is 0.747. The number of rotatable bonds is 4. The van der Waals surface area contributed by atoms with E-state index in [1.165, 1.54) is 5.56 Å². The third-order valence-electron chi connectivity index (χ3n) is 4.69. The standard InChI is InChI=1S/C16H23NO2/c1-12(2)16(15(18)19)9-10-17(11-16)13(3)14-7-5-4-6-8-14/h4-8,12-13H,9-11H2,1-3H3,(H,18,19). The molecule has 2 unspecified atom stereocenters. The maximum atomic E-state index is 11.6. The number of nitrogens with zero attached hydrogens (tertiary/aromatic N) is 1. The molecule has 0 aromatic heterocycles. The van der Waals surface area contributed by atoms with Gasteiger partial charge in [0.25, 0.3) is 0 Å². The van der Waals surface area contributed by atoms with Crippen molar-refractivity contribution in [3.05, 3.63) is 35.9 Å². The molecule has 0 saturated carbocycles. The smallest absolute Gasteiger partial charge is 0.311 e. The van der Waals surface area contributed by atoms with E-state index in [2.05, 4.69) is 24.0 Å². The van der Waals surface area contributed by atoms with E-state index < -0.39 is 11.4 Å². The Morgan fingerprint density at radius 3 is 2.37 bits per heavy atom. The highest BCUT2D eigenvalue weighted by Crippen LogP contribution is 2.41. The monoisotopic (exact) mass is 261 g/mol. The Morgan fingerprint density at radius 2 is 1.89 bits per heavy atom. The summed E-state index contributed by atoms with van der Waals surface area (Å²) in [5.74, 6) is -0.483. The van der Waals surface area contributed by atoms with Crippen LogP contribution in [0, 0.1) is 11.3 Å². The largest absolute Gasteiger partial charge is 0.481 e. The molecule has 2 atom stereocenters. The van der Waals surface area contributed by atoms with Crippen molar-refractivity contribution in [1.29, 1.82) is 0 Å². The Hall–Kier alpha value is -1.35. The van der Waals surface area contributed by atoms with E-state index in [-0.39, 0.29) is 12.0 Å². The molecular formula is C16H23NO2. The SMILES string of the molecule is CC(c1ccccc1)N1CCC(C(=O)O)(C(C)C)C1. The molecule has 3 nitrogen and oxygen atoms in total. The molecule has 0 aliphatic carbocycles. The van der Waals surface area contributed by atoms with E-state index in [0.717, 1.165) is 13.0 Å². The zero-order valence-corrected chi connectivity index (χ0v) is 12.0. The Labute approximate surface area is 115 Å². The molecular weight excluding hydrogens is 238 g/mol. The molecule has 0 radical (unpaired) electrons. The predicted molar refractivity (Wildman–Crippen MR) is 76.0 cm³/mol. The molecule has 1 aliphatic heterocycles. The first-order chi connectivity index (χ1) is 8.97. The minimum atomic E-state index is -0.648. The van der Waals surface area contributed by atoms with Crippen LogP contribution in [0.5, 0.6) is 0 Å². The average molecular weight is 261 g/mol. The molecule has 1 aliphatic rings. The first-order valence-electron chi connectivity index (χ1n) is 7.00. The number of aliphatic carboxylic acids is 1. The van der Waals surface area contributed by atoms with Crippen LogP contribution in [0.15, 0.2) is 30.3 Å².